The second-order valence-electron chi connectivity index (χ2n) is 11.6. The summed E-state index contributed by atoms with van der Waals surface area (Å²) in [6.07, 6.45) is 3.14. The molecule has 9 heteroatoms. The van der Waals surface area contributed by atoms with E-state index in [0.29, 0.717) is 25.1 Å². The molecule has 2 N–H and O–H groups in total. The number of nitrogens with zero attached hydrogens (tertiary/aromatic N) is 2. The molecular weight excluding hydrogens is 502 g/mol. The number of hydrogen-bond donors (Lipinski definition) is 2. The normalized spacial score (nSPS) is 23.0. The van der Waals surface area contributed by atoms with Crippen LogP contribution in [0.15, 0.2) is 42.6 Å². The van der Waals surface area contributed by atoms with Gasteiger partial charge in [-0.1, -0.05) is 12.1 Å². The molecule has 3 fully saturated rings. The first-order valence-corrected chi connectivity index (χ1v) is 13.3. The Hall–Kier alpha value is -3.48. The highest BCUT2D eigenvalue weighted by molar-refractivity contribution is 5.95. The lowest BCUT2D eigenvalue weighted by molar-refractivity contribution is -0.186. The summed E-state index contributed by atoms with van der Waals surface area (Å²) < 4.78 is 39.0. The van der Waals surface area contributed by atoms with Crippen LogP contribution in [0.1, 0.15) is 58.8 Å². The Morgan fingerprint density at radius 3 is 2.62 bits per heavy atom. The summed E-state index contributed by atoms with van der Waals surface area (Å²) in [5.41, 5.74) is 3.32. The first kappa shape index (κ1) is 25.8. The molecule has 39 heavy (non-hydrogen) atoms. The predicted octanol–water partition coefficient (Wildman–Crippen LogP) is 5.26. The molecule has 2 aliphatic heterocycles. The number of ether oxygens (including phenoxy) is 2. The molecule has 0 bridgehead atoms. The maximum Gasteiger partial charge on any atom is 0.252 e. The molecule has 1 saturated carbocycles. The fourth-order valence-electron chi connectivity index (χ4n) is 6.66. The average molecular weight is 535 g/mol. The summed E-state index contributed by atoms with van der Waals surface area (Å²) in [5, 5.41) is 13.3. The smallest absolute Gasteiger partial charge is 0.252 e. The maximum atomic E-state index is 14.0. The predicted molar refractivity (Wildman–Crippen MR) is 142 cm³/mol. The van der Waals surface area contributed by atoms with Gasteiger partial charge in [-0.05, 0) is 67.1 Å². The minimum absolute atomic E-state index is 0.0704. The summed E-state index contributed by atoms with van der Waals surface area (Å²) >= 11 is 0. The van der Waals surface area contributed by atoms with Gasteiger partial charge in [0.25, 0.3) is 5.91 Å². The number of nitrogens with one attached hydrogen (secondary N) is 2. The molecule has 204 valence electrons. The number of hydrogen-bond acceptors (Lipinski definition) is 5. The highest BCUT2D eigenvalue weighted by Crippen LogP contribution is 2.60. The van der Waals surface area contributed by atoms with Crippen molar-refractivity contribution in [1.29, 1.82) is 5.26 Å². The number of methoxy groups -OCH3 is 1. The number of likely N-dealkylation sites (tertiary alicyclic amines) is 1. The van der Waals surface area contributed by atoms with E-state index in [1.54, 1.807) is 19.2 Å². The van der Waals surface area contributed by atoms with Crippen LogP contribution in [0.5, 0.6) is 5.75 Å². The standard InChI is InChI=1S/C30H32F2N4O3/c1-19-11-25(38-2)23(22-7-9-34-26(19)22)13-36-10-8-28(14-30(31,32)15-28)12-24(36)20-3-5-21(6-4-20)27(37)35-29(16-33)17-39-18-29/h3-7,9,11,24,34H,8,10,12-15,17-18H2,1-2H3,(H,35,37). The van der Waals surface area contributed by atoms with Crippen molar-refractivity contribution in [2.75, 3.05) is 26.9 Å². The van der Waals surface area contributed by atoms with Crippen LogP contribution in [0.3, 0.4) is 0 Å². The van der Waals surface area contributed by atoms with Crippen molar-refractivity contribution in [3.63, 3.8) is 0 Å². The number of rotatable bonds is 6. The van der Waals surface area contributed by atoms with Crippen molar-refractivity contribution in [2.45, 2.75) is 56.7 Å². The van der Waals surface area contributed by atoms with Crippen molar-refractivity contribution < 1.29 is 23.0 Å². The lowest BCUT2D eigenvalue weighted by Crippen LogP contribution is -2.61. The van der Waals surface area contributed by atoms with E-state index in [2.05, 4.69) is 27.3 Å². The SMILES string of the molecule is COc1cc(C)c2[nH]ccc2c1CN1CCC2(CC1c1ccc(C(=O)NC3(C#N)COC3)cc1)CC(F)(F)C2. The van der Waals surface area contributed by atoms with Crippen LogP contribution in [-0.2, 0) is 11.3 Å². The van der Waals surface area contributed by atoms with Crippen LogP contribution in [-0.4, -0.2) is 54.1 Å². The Balaban J connectivity index is 1.29. The van der Waals surface area contributed by atoms with E-state index in [0.717, 1.165) is 39.8 Å². The monoisotopic (exact) mass is 534 g/mol. The van der Waals surface area contributed by atoms with E-state index in [1.807, 2.05) is 31.3 Å². The zero-order valence-corrected chi connectivity index (χ0v) is 22.2. The summed E-state index contributed by atoms with van der Waals surface area (Å²) in [6, 6.07) is 13.5. The summed E-state index contributed by atoms with van der Waals surface area (Å²) in [7, 11) is 1.67. The second-order valence-corrected chi connectivity index (χ2v) is 11.6. The topological polar surface area (TPSA) is 90.4 Å². The summed E-state index contributed by atoms with van der Waals surface area (Å²) in [6.45, 7) is 3.70. The number of aryl methyl sites for hydroxylation is 1. The molecule has 2 saturated heterocycles. The number of H-pyrrole nitrogens is 1. The van der Waals surface area contributed by atoms with Crippen LogP contribution >= 0.6 is 0 Å². The Kier molecular flexibility index (Phi) is 6.16. The molecule has 3 aliphatic rings. The number of nitriles is 1. The molecule has 1 amide bonds. The number of benzene rings is 2. The Morgan fingerprint density at radius 2 is 2.00 bits per heavy atom. The second kappa shape index (κ2) is 9.32. The fraction of sp³-hybridized carbons (Fsp3) is 0.467. The van der Waals surface area contributed by atoms with Crippen LogP contribution in [0.2, 0.25) is 0 Å². The Labute approximate surface area is 226 Å². The summed E-state index contributed by atoms with van der Waals surface area (Å²) in [4.78, 5) is 18.5. The number of piperidine rings is 1. The van der Waals surface area contributed by atoms with Gasteiger partial charge in [-0.25, -0.2) is 8.78 Å². The molecule has 6 rings (SSSR count). The molecule has 3 aromatic rings. The third-order valence-electron chi connectivity index (χ3n) is 8.78. The third-order valence-corrected chi connectivity index (χ3v) is 8.78. The average Bonchev–Trinajstić information content (AvgIpc) is 3.38. The Bertz CT molecular complexity index is 1450. The lowest BCUT2D eigenvalue weighted by Gasteiger charge is -2.54. The van der Waals surface area contributed by atoms with Gasteiger partial charge < -0.3 is 19.8 Å². The van der Waals surface area contributed by atoms with E-state index in [1.165, 1.54) is 0 Å². The van der Waals surface area contributed by atoms with Gasteiger partial charge in [-0.2, -0.15) is 5.26 Å². The Morgan fingerprint density at radius 1 is 1.26 bits per heavy atom. The van der Waals surface area contributed by atoms with Crippen LogP contribution in [0.25, 0.3) is 10.9 Å². The molecule has 1 aromatic heterocycles. The van der Waals surface area contributed by atoms with E-state index >= 15 is 0 Å². The number of carbonyl (C=O) groups is 1. The van der Waals surface area contributed by atoms with Gasteiger partial charge in [0, 0.05) is 53.7 Å². The van der Waals surface area contributed by atoms with E-state index < -0.39 is 11.5 Å². The van der Waals surface area contributed by atoms with Crippen molar-refractivity contribution in [1.82, 2.24) is 15.2 Å². The maximum absolute atomic E-state index is 14.0. The van der Waals surface area contributed by atoms with E-state index in [4.69, 9.17) is 9.47 Å². The molecule has 7 nitrogen and oxygen atoms in total. The molecule has 2 aromatic carbocycles. The number of carbonyl (C=O) groups excluding carboxylic acids is 1. The number of aromatic nitrogens is 1. The summed E-state index contributed by atoms with van der Waals surface area (Å²) in [5.74, 6) is -2.11. The van der Waals surface area contributed by atoms with Crippen LogP contribution in [0.4, 0.5) is 8.78 Å². The van der Waals surface area contributed by atoms with Crippen LogP contribution in [0, 0.1) is 23.7 Å². The number of fused-ring (bicyclic) bond motifs is 1. The van der Waals surface area contributed by atoms with Crippen molar-refractivity contribution >= 4 is 16.8 Å². The van der Waals surface area contributed by atoms with Gasteiger partial charge in [-0.3, -0.25) is 9.69 Å². The van der Waals surface area contributed by atoms with E-state index in [-0.39, 0.29) is 43.4 Å². The fourth-order valence-corrected chi connectivity index (χ4v) is 6.66. The van der Waals surface area contributed by atoms with Crippen molar-refractivity contribution in [3.05, 3.63) is 64.8 Å². The molecule has 1 atom stereocenters. The first-order valence-electron chi connectivity index (χ1n) is 13.3. The first-order chi connectivity index (χ1) is 18.7. The van der Waals surface area contributed by atoms with Gasteiger partial charge in [0.05, 0.1) is 26.4 Å². The van der Waals surface area contributed by atoms with Gasteiger partial charge >= 0.3 is 0 Å². The molecule has 1 unspecified atom stereocenters. The van der Waals surface area contributed by atoms with Crippen LogP contribution < -0.4 is 10.1 Å². The zero-order valence-electron chi connectivity index (χ0n) is 22.2. The minimum atomic E-state index is -2.59. The van der Waals surface area contributed by atoms with Crippen molar-refractivity contribution in [3.8, 4) is 11.8 Å². The van der Waals surface area contributed by atoms with Gasteiger partial charge in [0.2, 0.25) is 5.92 Å². The molecule has 1 spiro atoms. The number of alkyl halides is 2. The van der Waals surface area contributed by atoms with Gasteiger partial charge in [-0.15, -0.1) is 0 Å². The zero-order chi connectivity index (χ0) is 27.4. The lowest BCUT2D eigenvalue weighted by atomic mass is 9.59. The highest BCUT2D eigenvalue weighted by atomic mass is 19.3. The van der Waals surface area contributed by atoms with Gasteiger partial charge in [0.1, 0.15) is 5.75 Å². The molecule has 0 radical (unpaired) electrons. The molecule has 3 heterocycles. The highest BCUT2D eigenvalue weighted by Gasteiger charge is 2.58. The number of halogens is 2. The van der Waals surface area contributed by atoms with Crippen molar-refractivity contribution in [2.24, 2.45) is 5.41 Å². The van der Waals surface area contributed by atoms with E-state index in [9.17, 15) is 18.8 Å². The number of amides is 1. The molecule has 1 aliphatic carbocycles. The quantitative estimate of drug-likeness (QED) is 0.450. The third kappa shape index (κ3) is 4.56. The minimum Gasteiger partial charge on any atom is -0.496 e. The number of aromatic amines is 1. The largest absolute Gasteiger partial charge is 0.496 e. The van der Waals surface area contributed by atoms with Gasteiger partial charge in [0.15, 0.2) is 5.54 Å². The molecular formula is C30H32F2N4O3.